The van der Waals surface area contributed by atoms with Gasteiger partial charge in [-0.15, -0.1) is 0 Å². The van der Waals surface area contributed by atoms with Gasteiger partial charge >= 0.3 is 0 Å². The zero-order valence-electron chi connectivity index (χ0n) is 10.9. The highest BCUT2D eigenvalue weighted by Gasteiger charge is 2.44. The van der Waals surface area contributed by atoms with Crippen LogP contribution in [0.2, 0.25) is 0 Å². The molecule has 2 rings (SSSR count). The first-order valence-corrected chi connectivity index (χ1v) is 8.02. The average molecular weight is 267 g/mol. The number of benzene rings is 1. The van der Waals surface area contributed by atoms with Crippen LogP contribution in [0.4, 0.5) is 0 Å². The van der Waals surface area contributed by atoms with Gasteiger partial charge in [0, 0.05) is 6.54 Å². The molecule has 0 bridgehead atoms. The molecule has 4 heteroatoms. The first kappa shape index (κ1) is 13.6. The molecule has 1 aromatic carbocycles. The van der Waals surface area contributed by atoms with E-state index in [1.165, 1.54) is 0 Å². The normalized spacial score (nSPS) is 19.7. The highest BCUT2D eigenvalue weighted by atomic mass is 32.2. The molecule has 0 saturated heterocycles. The maximum Gasteiger partial charge on any atom is 0.185 e. The van der Waals surface area contributed by atoms with E-state index in [1.807, 2.05) is 13.0 Å². The molecule has 0 unspecified atom stereocenters. The van der Waals surface area contributed by atoms with Crippen molar-refractivity contribution < 1.29 is 8.42 Å². The Morgan fingerprint density at radius 3 is 2.44 bits per heavy atom. The number of sulfone groups is 1. The van der Waals surface area contributed by atoms with Crippen LogP contribution in [0.1, 0.15) is 37.7 Å². The van der Waals surface area contributed by atoms with Gasteiger partial charge in [0.15, 0.2) is 9.84 Å². The Labute approximate surface area is 109 Å². The Hall–Kier alpha value is -0.870. The Morgan fingerprint density at radius 1 is 1.22 bits per heavy atom. The summed E-state index contributed by atoms with van der Waals surface area (Å²) in [6.45, 7) is 2.14. The van der Waals surface area contributed by atoms with Crippen LogP contribution < -0.4 is 5.73 Å². The monoisotopic (exact) mass is 267 g/mol. The summed E-state index contributed by atoms with van der Waals surface area (Å²) in [7, 11) is -3.32. The second-order valence-electron chi connectivity index (χ2n) is 5.27. The molecule has 0 amide bonds. The Kier molecular flexibility index (Phi) is 3.78. The summed E-state index contributed by atoms with van der Waals surface area (Å²) in [5.41, 5.74) is 6.79. The number of rotatable bonds is 3. The minimum Gasteiger partial charge on any atom is -0.329 e. The van der Waals surface area contributed by atoms with Crippen LogP contribution in [0.25, 0.3) is 0 Å². The molecule has 0 aromatic heterocycles. The van der Waals surface area contributed by atoms with Gasteiger partial charge in [-0.1, -0.05) is 31.4 Å². The summed E-state index contributed by atoms with van der Waals surface area (Å²) in [6.07, 6.45) is 4.43. The molecule has 100 valence electrons. The van der Waals surface area contributed by atoms with E-state index >= 15 is 0 Å². The molecule has 1 fully saturated rings. The summed E-state index contributed by atoms with van der Waals surface area (Å²) in [5, 5.41) is 0. The third-order valence-corrected chi connectivity index (χ3v) is 6.60. The summed E-state index contributed by atoms with van der Waals surface area (Å²) >= 11 is 0. The first-order chi connectivity index (χ1) is 8.52. The van der Waals surface area contributed by atoms with E-state index in [0.29, 0.717) is 17.7 Å². The molecule has 1 saturated carbocycles. The standard InChI is InChI=1S/C14H21NO2S/c1-12-6-5-7-13(10-12)18(16,17)14(11-15)8-3-2-4-9-14/h5-7,10H,2-4,8-9,11,15H2,1H3. The van der Waals surface area contributed by atoms with Gasteiger partial charge in [-0.05, 0) is 37.5 Å². The molecule has 1 aliphatic carbocycles. The van der Waals surface area contributed by atoms with Crippen molar-refractivity contribution in [2.45, 2.75) is 48.7 Å². The van der Waals surface area contributed by atoms with Crippen molar-refractivity contribution in [3.05, 3.63) is 29.8 Å². The molecule has 18 heavy (non-hydrogen) atoms. The maximum absolute atomic E-state index is 12.8. The van der Waals surface area contributed by atoms with Gasteiger partial charge in [0.25, 0.3) is 0 Å². The van der Waals surface area contributed by atoms with Gasteiger partial charge < -0.3 is 5.73 Å². The molecule has 1 aliphatic rings. The summed E-state index contributed by atoms with van der Waals surface area (Å²) in [4.78, 5) is 0.426. The molecule has 0 aliphatic heterocycles. The molecule has 3 nitrogen and oxygen atoms in total. The second-order valence-corrected chi connectivity index (χ2v) is 7.61. The van der Waals surface area contributed by atoms with E-state index in [0.717, 1.165) is 24.8 Å². The lowest BCUT2D eigenvalue weighted by Gasteiger charge is -2.35. The minimum absolute atomic E-state index is 0.225. The van der Waals surface area contributed by atoms with Crippen molar-refractivity contribution in [1.29, 1.82) is 0 Å². The van der Waals surface area contributed by atoms with Crippen LogP contribution >= 0.6 is 0 Å². The molecular formula is C14H21NO2S. The van der Waals surface area contributed by atoms with Crippen LogP contribution in [0.15, 0.2) is 29.2 Å². The third kappa shape index (κ3) is 2.19. The quantitative estimate of drug-likeness (QED) is 0.915. The van der Waals surface area contributed by atoms with Gasteiger partial charge in [-0.2, -0.15) is 0 Å². The lowest BCUT2D eigenvalue weighted by Crippen LogP contribution is -2.47. The SMILES string of the molecule is Cc1cccc(S(=O)(=O)C2(CN)CCCCC2)c1. The predicted molar refractivity (Wildman–Crippen MR) is 73.2 cm³/mol. The number of aryl methyl sites for hydroxylation is 1. The molecular weight excluding hydrogens is 246 g/mol. The molecule has 0 spiro atoms. The molecule has 0 heterocycles. The minimum atomic E-state index is -3.32. The first-order valence-electron chi connectivity index (χ1n) is 6.53. The van der Waals surface area contributed by atoms with Gasteiger partial charge in [0.2, 0.25) is 0 Å². The molecule has 0 radical (unpaired) electrons. The van der Waals surface area contributed by atoms with Gasteiger partial charge in [0.05, 0.1) is 9.64 Å². The maximum atomic E-state index is 12.8. The van der Waals surface area contributed by atoms with Crippen LogP contribution in [0.5, 0.6) is 0 Å². The van der Waals surface area contributed by atoms with E-state index < -0.39 is 14.6 Å². The zero-order valence-corrected chi connectivity index (χ0v) is 11.7. The zero-order chi connectivity index (χ0) is 13.2. The summed E-state index contributed by atoms with van der Waals surface area (Å²) < 4.78 is 24.9. The van der Waals surface area contributed by atoms with Crippen molar-refractivity contribution in [3.8, 4) is 0 Å². The Balaban J connectivity index is 2.46. The van der Waals surface area contributed by atoms with E-state index in [2.05, 4.69) is 0 Å². The van der Waals surface area contributed by atoms with E-state index in [1.54, 1.807) is 18.2 Å². The van der Waals surface area contributed by atoms with Crippen molar-refractivity contribution in [1.82, 2.24) is 0 Å². The molecule has 0 atom stereocenters. The van der Waals surface area contributed by atoms with E-state index in [9.17, 15) is 8.42 Å². The highest BCUT2D eigenvalue weighted by Crippen LogP contribution is 2.38. The van der Waals surface area contributed by atoms with Crippen molar-refractivity contribution in [2.24, 2.45) is 5.73 Å². The van der Waals surface area contributed by atoms with Gasteiger partial charge in [0.1, 0.15) is 0 Å². The third-order valence-electron chi connectivity index (χ3n) is 4.01. The van der Waals surface area contributed by atoms with Crippen LogP contribution in [0.3, 0.4) is 0 Å². The van der Waals surface area contributed by atoms with Crippen LogP contribution in [-0.4, -0.2) is 19.7 Å². The predicted octanol–water partition coefficient (Wildman–Crippen LogP) is 2.43. The van der Waals surface area contributed by atoms with Crippen LogP contribution in [-0.2, 0) is 9.84 Å². The van der Waals surface area contributed by atoms with Crippen molar-refractivity contribution in [3.63, 3.8) is 0 Å². The highest BCUT2D eigenvalue weighted by molar-refractivity contribution is 7.92. The summed E-state index contributed by atoms with van der Waals surface area (Å²) in [5.74, 6) is 0. The van der Waals surface area contributed by atoms with Crippen molar-refractivity contribution in [2.75, 3.05) is 6.54 Å². The number of hydrogen-bond donors (Lipinski definition) is 1. The van der Waals surface area contributed by atoms with Gasteiger partial charge in [-0.25, -0.2) is 8.42 Å². The molecule has 2 N–H and O–H groups in total. The summed E-state index contributed by atoms with van der Waals surface area (Å²) in [6, 6.07) is 7.15. The van der Waals surface area contributed by atoms with Crippen molar-refractivity contribution >= 4 is 9.84 Å². The second kappa shape index (κ2) is 5.02. The van der Waals surface area contributed by atoms with Gasteiger partial charge in [-0.3, -0.25) is 0 Å². The fourth-order valence-corrected chi connectivity index (χ4v) is 4.96. The average Bonchev–Trinajstić information content (AvgIpc) is 2.39. The smallest absolute Gasteiger partial charge is 0.185 e. The lowest BCUT2D eigenvalue weighted by molar-refractivity contribution is 0.378. The topological polar surface area (TPSA) is 60.2 Å². The molecule has 1 aromatic rings. The number of nitrogens with two attached hydrogens (primary N) is 1. The van der Waals surface area contributed by atoms with E-state index in [4.69, 9.17) is 5.73 Å². The van der Waals surface area contributed by atoms with Crippen LogP contribution in [0, 0.1) is 6.92 Å². The Bertz CT molecular complexity index is 516. The Morgan fingerprint density at radius 2 is 1.89 bits per heavy atom. The fourth-order valence-electron chi connectivity index (χ4n) is 2.81. The number of hydrogen-bond acceptors (Lipinski definition) is 3. The fraction of sp³-hybridized carbons (Fsp3) is 0.571. The largest absolute Gasteiger partial charge is 0.329 e. The van der Waals surface area contributed by atoms with E-state index in [-0.39, 0.29) is 6.54 Å². The lowest BCUT2D eigenvalue weighted by atomic mass is 9.88.